The van der Waals surface area contributed by atoms with E-state index in [4.69, 9.17) is 23.2 Å². The minimum absolute atomic E-state index is 0.0401. The number of fused-ring (bicyclic) bond motifs is 3. The quantitative estimate of drug-likeness (QED) is 0.609. The maximum Gasteiger partial charge on any atom is 0.230 e. The number of allylic oxidation sites excluding steroid dienone is 3. The van der Waals surface area contributed by atoms with Crippen LogP contribution in [0.15, 0.2) is 45.9 Å². The van der Waals surface area contributed by atoms with E-state index in [1.807, 2.05) is 6.07 Å². The first-order valence-electron chi connectivity index (χ1n) is 8.33. The van der Waals surface area contributed by atoms with Crippen molar-refractivity contribution in [2.45, 2.75) is 30.7 Å². The Morgan fingerprint density at radius 1 is 1.36 bits per heavy atom. The van der Waals surface area contributed by atoms with Gasteiger partial charge in [-0.05, 0) is 49.1 Å². The third kappa shape index (κ3) is 3.16. The number of nitrogens with one attached hydrogen (secondary N) is 2. The molecule has 1 aromatic carbocycles. The molecule has 0 aliphatic heterocycles. The molecule has 130 valence electrons. The summed E-state index contributed by atoms with van der Waals surface area (Å²) in [6.45, 7) is 0. The van der Waals surface area contributed by atoms with Crippen LogP contribution in [0.2, 0.25) is 0 Å². The van der Waals surface area contributed by atoms with Crippen LogP contribution in [-0.2, 0) is 11.2 Å². The normalized spacial score (nSPS) is 25.6. The number of hydrogen-bond donors (Lipinski definition) is 2. The molecule has 2 aliphatic carbocycles. The van der Waals surface area contributed by atoms with Crippen molar-refractivity contribution >= 4 is 55.9 Å². The summed E-state index contributed by atoms with van der Waals surface area (Å²) >= 11 is 16.0. The number of H-pyrrole nitrogens is 1. The molecule has 2 N–H and O–H groups in total. The molecule has 25 heavy (non-hydrogen) atoms. The Labute approximate surface area is 164 Å². The van der Waals surface area contributed by atoms with Crippen molar-refractivity contribution in [3.63, 3.8) is 0 Å². The number of hydrogen-bond acceptors (Lipinski definition) is 1. The van der Waals surface area contributed by atoms with Crippen LogP contribution in [0.3, 0.4) is 0 Å². The van der Waals surface area contributed by atoms with E-state index in [2.05, 4.69) is 38.4 Å². The Hall–Kier alpha value is -1.23. The first-order chi connectivity index (χ1) is 12.0. The summed E-state index contributed by atoms with van der Waals surface area (Å²) < 4.78 is 1.06. The Morgan fingerprint density at radius 2 is 2.20 bits per heavy atom. The summed E-state index contributed by atoms with van der Waals surface area (Å²) in [5.41, 5.74) is 3.49. The maximum absolute atomic E-state index is 12.8. The van der Waals surface area contributed by atoms with Gasteiger partial charge in [-0.2, -0.15) is 0 Å². The summed E-state index contributed by atoms with van der Waals surface area (Å²) in [5.74, 6) is -0.652. The minimum Gasteiger partial charge on any atom is -0.356 e. The van der Waals surface area contributed by atoms with Crippen molar-refractivity contribution in [3.05, 3.63) is 57.2 Å². The fourth-order valence-electron chi connectivity index (χ4n) is 3.73. The van der Waals surface area contributed by atoms with Gasteiger partial charge in [0.15, 0.2) is 0 Å². The molecule has 2 aliphatic rings. The molecule has 1 aromatic heterocycles. The van der Waals surface area contributed by atoms with Gasteiger partial charge in [0.1, 0.15) is 0 Å². The van der Waals surface area contributed by atoms with E-state index in [1.165, 1.54) is 10.9 Å². The highest BCUT2D eigenvalue weighted by atomic mass is 79.9. The van der Waals surface area contributed by atoms with Gasteiger partial charge in [0, 0.05) is 26.1 Å². The first-order valence-corrected chi connectivity index (χ1v) is 9.93. The van der Waals surface area contributed by atoms with Gasteiger partial charge in [-0.1, -0.05) is 39.7 Å². The number of aromatic amines is 1. The summed E-state index contributed by atoms with van der Waals surface area (Å²) in [6, 6.07) is 6.18. The lowest BCUT2D eigenvalue weighted by molar-refractivity contribution is -0.124. The molecular weight excluding hydrogens is 423 g/mol. The zero-order valence-corrected chi connectivity index (χ0v) is 16.5. The van der Waals surface area contributed by atoms with Crippen molar-refractivity contribution in [3.8, 4) is 0 Å². The van der Waals surface area contributed by atoms with E-state index in [0.29, 0.717) is 5.03 Å². The van der Waals surface area contributed by atoms with Gasteiger partial charge < -0.3 is 10.3 Å². The average molecular weight is 440 g/mol. The predicted molar refractivity (Wildman–Crippen MR) is 106 cm³/mol. The number of halogens is 3. The largest absolute Gasteiger partial charge is 0.356 e. The summed E-state index contributed by atoms with van der Waals surface area (Å²) in [4.78, 5) is 16.3. The molecule has 0 saturated heterocycles. The topological polar surface area (TPSA) is 44.9 Å². The number of carbonyl (C=O) groups excluding carboxylic acids is 1. The van der Waals surface area contributed by atoms with E-state index in [0.717, 1.165) is 34.9 Å². The molecule has 3 nitrogen and oxygen atoms in total. The second-order valence-corrected chi connectivity index (χ2v) is 8.38. The highest BCUT2D eigenvalue weighted by molar-refractivity contribution is 9.10. The van der Waals surface area contributed by atoms with Crippen molar-refractivity contribution in [2.75, 3.05) is 0 Å². The Balaban J connectivity index is 1.63. The number of rotatable bonds is 2. The second-order valence-electron chi connectivity index (χ2n) is 6.52. The average Bonchev–Trinajstić information content (AvgIpc) is 2.94. The van der Waals surface area contributed by atoms with Gasteiger partial charge in [-0.15, -0.1) is 11.6 Å². The molecule has 0 saturated carbocycles. The monoisotopic (exact) mass is 438 g/mol. The third-order valence-corrected chi connectivity index (χ3v) is 6.19. The molecule has 0 fully saturated rings. The van der Waals surface area contributed by atoms with E-state index in [1.54, 1.807) is 18.2 Å². The molecule has 2 aromatic rings. The number of aryl methyl sites for hydroxylation is 1. The van der Waals surface area contributed by atoms with Crippen molar-refractivity contribution in [1.29, 1.82) is 0 Å². The van der Waals surface area contributed by atoms with Crippen molar-refractivity contribution < 1.29 is 4.79 Å². The van der Waals surface area contributed by atoms with Gasteiger partial charge in [-0.25, -0.2) is 0 Å². The summed E-state index contributed by atoms with van der Waals surface area (Å²) in [6.07, 6.45) is 8.28. The Bertz CT molecular complexity index is 902. The van der Waals surface area contributed by atoms with Gasteiger partial charge in [0.25, 0.3) is 0 Å². The predicted octanol–water partition coefficient (Wildman–Crippen LogP) is 5.34. The highest BCUT2D eigenvalue weighted by Gasteiger charge is 2.33. The van der Waals surface area contributed by atoms with Crippen molar-refractivity contribution in [2.24, 2.45) is 5.92 Å². The third-order valence-electron chi connectivity index (χ3n) is 4.93. The molecule has 1 heterocycles. The lowest BCUT2D eigenvalue weighted by Crippen LogP contribution is -2.39. The standard InChI is InChI=1S/C19H17BrCl2N2O/c20-10-7-8-15-12(9-10)11-3-1-6-16(18(11)23-15)24-19(25)17-13(21)4-2-5-14(17)22/h2,4-5,7-9,13,16-17,23H,1,3,6H2,(H,24,25). The fourth-order valence-corrected chi connectivity index (χ4v) is 4.80. The van der Waals surface area contributed by atoms with Crippen molar-refractivity contribution in [1.82, 2.24) is 10.3 Å². The van der Waals surface area contributed by atoms with E-state index in [-0.39, 0.29) is 11.9 Å². The molecule has 3 unspecified atom stereocenters. The molecular formula is C19H17BrCl2N2O. The van der Waals surface area contributed by atoms with Crippen LogP contribution in [0.5, 0.6) is 0 Å². The summed E-state index contributed by atoms with van der Waals surface area (Å²) in [5, 5.41) is 4.44. The lowest BCUT2D eigenvalue weighted by Gasteiger charge is -2.27. The molecule has 0 bridgehead atoms. The van der Waals surface area contributed by atoms with Crippen LogP contribution in [0.25, 0.3) is 10.9 Å². The summed E-state index contributed by atoms with van der Waals surface area (Å²) in [7, 11) is 0. The van der Waals surface area contributed by atoms with Gasteiger partial charge in [0.05, 0.1) is 17.3 Å². The number of alkyl halides is 1. The zero-order valence-electron chi connectivity index (χ0n) is 13.4. The highest BCUT2D eigenvalue weighted by Crippen LogP contribution is 2.37. The molecule has 0 radical (unpaired) electrons. The van der Waals surface area contributed by atoms with E-state index < -0.39 is 11.3 Å². The second kappa shape index (κ2) is 6.82. The van der Waals surface area contributed by atoms with Crippen LogP contribution < -0.4 is 5.32 Å². The van der Waals surface area contributed by atoms with Gasteiger partial charge >= 0.3 is 0 Å². The lowest BCUT2D eigenvalue weighted by atomic mass is 9.90. The van der Waals surface area contributed by atoms with Gasteiger partial charge in [0.2, 0.25) is 5.91 Å². The molecule has 1 amide bonds. The number of amides is 1. The molecule has 3 atom stereocenters. The van der Waals surface area contributed by atoms with Crippen LogP contribution in [0.4, 0.5) is 0 Å². The van der Waals surface area contributed by atoms with E-state index in [9.17, 15) is 4.79 Å². The van der Waals surface area contributed by atoms with Crippen LogP contribution in [0.1, 0.15) is 30.1 Å². The molecule has 0 spiro atoms. The number of aromatic nitrogens is 1. The van der Waals surface area contributed by atoms with Crippen LogP contribution >= 0.6 is 39.1 Å². The Morgan fingerprint density at radius 3 is 3.00 bits per heavy atom. The zero-order chi connectivity index (χ0) is 17.6. The Kier molecular flexibility index (Phi) is 4.69. The maximum atomic E-state index is 12.8. The first kappa shape index (κ1) is 17.2. The van der Waals surface area contributed by atoms with Crippen LogP contribution in [-0.4, -0.2) is 16.3 Å². The van der Waals surface area contributed by atoms with E-state index >= 15 is 0 Å². The smallest absolute Gasteiger partial charge is 0.230 e. The minimum atomic E-state index is -0.530. The molecule has 4 rings (SSSR count). The SMILES string of the molecule is O=C(NC1CCCc2c1[nH]c1ccc(Br)cc21)C1C(Cl)=CC=CC1Cl. The van der Waals surface area contributed by atoms with Gasteiger partial charge in [-0.3, -0.25) is 4.79 Å². The van der Waals surface area contributed by atoms with Crippen LogP contribution in [0, 0.1) is 5.92 Å². The molecule has 6 heteroatoms. The number of benzene rings is 1. The number of carbonyl (C=O) groups is 1. The fraction of sp³-hybridized carbons (Fsp3) is 0.316.